The van der Waals surface area contributed by atoms with Crippen molar-refractivity contribution in [2.45, 2.75) is 31.9 Å². The molecule has 15 heavy (non-hydrogen) atoms. The van der Waals surface area contributed by atoms with Crippen molar-refractivity contribution >= 4 is 0 Å². The summed E-state index contributed by atoms with van der Waals surface area (Å²) in [5, 5.41) is 3.25. The van der Waals surface area contributed by atoms with Crippen molar-refractivity contribution in [1.82, 2.24) is 15.3 Å². The van der Waals surface area contributed by atoms with Crippen LogP contribution in [0, 0.1) is 0 Å². The van der Waals surface area contributed by atoms with Crippen LogP contribution in [-0.4, -0.2) is 30.2 Å². The van der Waals surface area contributed by atoms with E-state index in [-0.39, 0.29) is 12.1 Å². The Kier molecular flexibility index (Phi) is 5.21. The second kappa shape index (κ2) is 6.48. The molecule has 0 fully saturated rings. The quantitative estimate of drug-likeness (QED) is 0.772. The van der Waals surface area contributed by atoms with Crippen LogP contribution in [0.5, 0.6) is 0 Å². The summed E-state index contributed by atoms with van der Waals surface area (Å²) < 4.78 is 5.48. The van der Waals surface area contributed by atoms with E-state index in [1.165, 1.54) is 6.33 Å². The number of rotatable bonds is 6. The van der Waals surface area contributed by atoms with Gasteiger partial charge in [0, 0.05) is 25.1 Å². The van der Waals surface area contributed by atoms with E-state index in [0.717, 1.165) is 18.4 Å². The van der Waals surface area contributed by atoms with Crippen LogP contribution >= 0.6 is 0 Å². The Labute approximate surface area is 91.1 Å². The van der Waals surface area contributed by atoms with E-state index in [2.05, 4.69) is 22.2 Å². The molecule has 0 radical (unpaired) electrons. The van der Waals surface area contributed by atoms with Crippen molar-refractivity contribution in [3.05, 3.63) is 24.3 Å². The van der Waals surface area contributed by atoms with Crippen molar-refractivity contribution in [3.8, 4) is 0 Å². The summed E-state index contributed by atoms with van der Waals surface area (Å²) in [6.45, 7) is 2.15. The third kappa shape index (κ3) is 3.25. The highest BCUT2D eigenvalue weighted by Gasteiger charge is 2.20. The fourth-order valence-electron chi connectivity index (χ4n) is 1.74. The van der Waals surface area contributed by atoms with Gasteiger partial charge in [-0.15, -0.1) is 0 Å². The fourth-order valence-corrected chi connectivity index (χ4v) is 1.74. The predicted octanol–water partition coefficient (Wildman–Crippen LogP) is 1.55. The van der Waals surface area contributed by atoms with Gasteiger partial charge in [-0.25, -0.2) is 9.97 Å². The molecule has 4 nitrogen and oxygen atoms in total. The van der Waals surface area contributed by atoms with Crippen LogP contribution in [0.1, 0.15) is 31.4 Å². The zero-order valence-electron chi connectivity index (χ0n) is 9.60. The first kappa shape index (κ1) is 12.1. The molecule has 2 atom stereocenters. The van der Waals surface area contributed by atoms with Gasteiger partial charge in [-0.1, -0.05) is 13.3 Å². The van der Waals surface area contributed by atoms with E-state index in [1.807, 2.05) is 19.4 Å². The van der Waals surface area contributed by atoms with Crippen molar-refractivity contribution < 1.29 is 4.74 Å². The number of methoxy groups -OCH3 is 1. The van der Waals surface area contributed by atoms with Gasteiger partial charge in [0.25, 0.3) is 0 Å². The molecule has 0 saturated carbocycles. The van der Waals surface area contributed by atoms with E-state index in [9.17, 15) is 0 Å². The maximum atomic E-state index is 5.48. The molecule has 0 amide bonds. The number of nitrogens with one attached hydrogen (secondary N) is 1. The average Bonchev–Trinajstić information content (AvgIpc) is 2.30. The second-order valence-corrected chi connectivity index (χ2v) is 3.50. The molecule has 1 rings (SSSR count). The number of nitrogens with zero attached hydrogens (tertiary/aromatic N) is 2. The average molecular weight is 209 g/mol. The van der Waals surface area contributed by atoms with E-state index < -0.39 is 0 Å². The molecule has 1 heterocycles. The molecular weight excluding hydrogens is 190 g/mol. The minimum absolute atomic E-state index is 0.163. The highest BCUT2D eigenvalue weighted by atomic mass is 16.5. The molecule has 0 saturated heterocycles. The first-order valence-corrected chi connectivity index (χ1v) is 5.28. The maximum absolute atomic E-state index is 5.48. The number of hydrogen-bond donors (Lipinski definition) is 1. The normalized spacial score (nSPS) is 14.9. The molecule has 4 heteroatoms. The number of hydrogen-bond acceptors (Lipinski definition) is 4. The third-order valence-electron chi connectivity index (χ3n) is 2.50. The molecule has 0 aliphatic carbocycles. The van der Waals surface area contributed by atoms with Gasteiger partial charge in [-0.2, -0.15) is 0 Å². The van der Waals surface area contributed by atoms with E-state index in [4.69, 9.17) is 4.74 Å². The number of aromatic nitrogens is 2. The standard InChI is InChI=1S/C11H19N3O/c1-4-5-10(15-3)11(12-2)9-6-13-8-14-7-9/h6-8,10-12H,4-5H2,1-3H3. The molecular formula is C11H19N3O. The van der Waals surface area contributed by atoms with Crippen LogP contribution in [0.3, 0.4) is 0 Å². The number of ether oxygens (including phenoxy) is 1. The second-order valence-electron chi connectivity index (χ2n) is 3.50. The zero-order valence-corrected chi connectivity index (χ0v) is 9.60. The zero-order chi connectivity index (χ0) is 11.1. The lowest BCUT2D eigenvalue weighted by atomic mass is 10.0. The lowest BCUT2D eigenvalue weighted by molar-refractivity contribution is 0.0628. The van der Waals surface area contributed by atoms with Gasteiger partial charge < -0.3 is 10.1 Å². The SMILES string of the molecule is CCCC(OC)C(NC)c1cncnc1. The third-order valence-corrected chi connectivity index (χ3v) is 2.50. The first-order chi connectivity index (χ1) is 7.33. The molecule has 84 valence electrons. The predicted molar refractivity (Wildman–Crippen MR) is 59.5 cm³/mol. The molecule has 0 aliphatic heterocycles. The van der Waals surface area contributed by atoms with Crippen molar-refractivity contribution in [2.75, 3.05) is 14.2 Å². The minimum Gasteiger partial charge on any atom is -0.379 e. The Morgan fingerprint density at radius 2 is 2.07 bits per heavy atom. The molecule has 1 aromatic heterocycles. The highest BCUT2D eigenvalue weighted by molar-refractivity contribution is 5.11. The van der Waals surface area contributed by atoms with E-state index in [1.54, 1.807) is 7.11 Å². The molecule has 1 N–H and O–H groups in total. The Morgan fingerprint density at radius 1 is 1.40 bits per heavy atom. The summed E-state index contributed by atoms with van der Waals surface area (Å²) in [4.78, 5) is 8.05. The summed E-state index contributed by atoms with van der Waals surface area (Å²) in [5.41, 5.74) is 1.07. The van der Waals surface area contributed by atoms with Crippen molar-refractivity contribution in [1.29, 1.82) is 0 Å². The monoisotopic (exact) mass is 209 g/mol. The smallest absolute Gasteiger partial charge is 0.115 e. The lowest BCUT2D eigenvalue weighted by Crippen LogP contribution is -2.31. The van der Waals surface area contributed by atoms with E-state index in [0.29, 0.717) is 0 Å². The van der Waals surface area contributed by atoms with Gasteiger partial charge >= 0.3 is 0 Å². The van der Waals surface area contributed by atoms with Crippen LogP contribution in [0.2, 0.25) is 0 Å². The summed E-state index contributed by atoms with van der Waals surface area (Å²) in [6, 6.07) is 0.163. The highest BCUT2D eigenvalue weighted by Crippen LogP contribution is 2.20. The molecule has 0 spiro atoms. The van der Waals surface area contributed by atoms with Crippen molar-refractivity contribution in [3.63, 3.8) is 0 Å². The molecule has 1 aromatic rings. The van der Waals surface area contributed by atoms with Crippen LogP contribution in [0.15, 0.2) is 18.7 Å². The van der Waals surface area contributed by atoms with Crippen LogP contribution in [-0.2, 0) is 4.74 Å². The largest absolute Gasteiger partial charge is 0.379 e. The van der Waals surface area contributed by atoms with Gasteiger partial charge in [0.2, 0.25) is 0 Å². The van der Waals surface area contributed by atoms with Gasteiger partial charge in [0.05, 0.1) is 12.1 Å². The summed E-state index contributed by atoms with van der Waals surface area (Å²) in [6.07, 6.45) is 7.50. The van der Waals surface area contributed by atoms with Gasteiger partial charge in [-0.3, -0.25) is 0 Å². The summed E-state index contributed by atoms with van der Waals surface area (Å²) in [7, 11) is 3.67. The maximum Gasteiger partial charge on any atom is 0.115 e. The topological polar surface area (TPSA) is 47.0 Å². The minimum atomic E-state index is 0.163. The number of likely N-dealkylation sites (N-methyl/N-ethyl adjacent to an activating group) is 1. The first-order valence-electron chi connectivity index (χ1n) is 5.28. The Morgan fingerprint density at radius 3 is 2.53 bits per heavy atom. The Hall–Kier alpha value is -1.00. The molecule has 0 bridgehead atoms. The van der Waals surface area contributed by atoms with Crippen molar-refractivity contribution in [2.24, 2.45) is 0 Å². The summed E-state index contributed by atoms with van der Waals surface area (Å²) in [5.74, 6) is 0. The Bertz CT molecular complexity index is 266. The van der Waals surface area contributed by atoms with E-state index >= 15 is 0 Å². The summed E-state index contributed by atoms with van der Waals surface area (Å²) >= 11 is 0. The van der Waals surface area contributed by atoms with Crippen LogP contribution < -0.4 is 5.32 Å². The van der Waals surface area contributed by atoms with Crippen LogP contribution in [0.4, 0.5) is 0 Å². The molecule has 2 unspecified atom stereocenters. The van der Waals surface area contributed by atoms with Gasteiger partial charge in [0.15, 0.2) is 0 Å². The molecule has 0 aliphatic rings. The van der Waals surface area contributed by atoms with Gasteiger partial charge in [0.1, 0.15) is 6.33 Å². The lowest BCUT2D eigenvalue weighted by Gasteiger charge is -2.25. The molecule has 0 aromatic carbocycles. The Balaban J connectivity index is 2.77. The van der Waals surface area contributed by atoms with Gasteiger partial charge in [-0.05, 0) is 13.5 Å². The van der Waals surface area contributed by atoms with Crippen LogP contribution in [0.25, 0.3) is 0 Å². The fraction of sp³-hybridized carbons (Fsp3) is 0.636.